The molecule has 0 amide bonds. The van der Waals surface area contributed by atoms with E-state index in [0.29, 0.717) is 12.8 Å². The summed E-state index contributed by atoms with van der Waals surface area (Å²) >= 11 is 0. The lowest BCUT2D eigenvalue weighted by atomic mass is 9.87. The Labute approximate surface area is 198 Å². The van der Waals surface area contributed by atoms with Crippen LogP contribution in [0.3, 0.4) is 0 Å². The van der Waals surface area contributed by atoms with Crippen LogP contribution in [0.5, 0.6) is 0 Å². The summed E-state index contributed by atoms with van der Waals surface area (Å²) in [5.41, 5.74) is 2.07. The lowest BCUT2D eigenvalue weighted by Crippen LogP contribution is -2.45. The van der Waals surface area contributed by atoms with Crippen LogP contribution in [0.15, 0.2) is 60.7 Å². The molecule has 1 aliphatic rings. The normalized spacial score (nSPS) is 20.6. The quantitative estimate of drug-likeness (QED) is 0.414. The van der Waals surface area contributed by atoms with Crippen LogP contribution < -0.4 is 0 Å². The van der Waals surface area contributed by atoms with E-state index in [-0.39, 0.29) is 36.2 Å². The third-order valence-corrected chi connectivity index (χ3v) is 6.67. The highest BCUT2D eigenvalue weighted by molar-refractivity contribution is 5.69. The molecule has 1 heterocycles. The van der Waals surface area contributed by atoms with Crippen molar-refractivity contribution in [3.8, 4) is 0 Å². The van der Waals surface area contributed by atoms with E-state index in [4.69, 9.17) is 9.47 Å². The molecule has 0 aromatic heterocycles. The highest BCUT2D eigenvalue weighted by atomic mass is 16.5. The van der Waals surface area contributed by atoms with Gasteiger partial charge in [-0.1, -0.05) is 80.9 Å². The van der Waals surface area contributed by atoms with Crippen molar-refractivity contribution in [1.29, 1.82) is 0 Å². The number of hydrogen-bond donors (Lipinski definition) is 0. The summed E-state index contributed by atoms with van der Waals surface area (Å²) in [6.07, 6.45) is 4.96. The number of esters is 2. The van der Waals surface area contributed by atoms with E-state index in [1.165, 1.54) is 0 Å². The molecule has 0 radical (unpaired) electrons. The number of hydrogen-bond acceptors (Lipinski definition) is 5. The molecule has 0 N–H and O–H groups in total. The first-order valence-corrected chi connectivity index (χ1v) is 12.2. The lowest BCUT2D eigenvalue weighted by Gasteiger charge is -2.42. The highest BCUT2D eigenvalue weighted by Gasteiger charge is 2.33. The first-order chi connectivity index (χ1) is 16.0. The van der Waals surface area contributed by atoms with Gasteiger partial charge in [-0.3, -0.25) is 9.59 Å². The summed E-state index contributed by atoms with van der Waals surface area (Å²) in [5, 5.41) is 0. The van der Waals surface area contributed by atoms with Crippen molar-refractivity contribution in [3.63, 3.8) is 0 Å². The van der Waals surface area contributed by atoms with Crippen LogP contribution in [0.1, 0.15) is 82.1 Å². The van der Waals surface area contributed by atoms with Crippen LogP contribution >= 0.6 is 0 Å². The van der Waals surface area contributed by atoms with Gasteiger partial charge in [0.15, 0.2) is 0 Å². The Morgan fingerprint density at radius 3 is 1.55 bits per heavy atom. The first-order valence-electron chi connectivity index (χ1n) is 12.2. The molecule has 0 aliphatic carbocycles. The smallest absolute Gasteiger partial charge is 0.306 e. The van der Waals surface area contributed by atoms with Gasteiger partial charge >= 0.3 is 11.9 Å². The fourth-order valence-corrected chi connectivity index (χ4v) is 4.68. The van der Waals surface area contributed by atoms with E-state index in [2.05, 4.69) is 11.9 Å². The zero-order valence-electron chi connectivity index (χ0n) is 20.1. The van der Waals surface area contributed by atoms with Gasteiger partial charge in [-0.2, -0.15) is 0 Å². The van der Waals surface area contributed by atoms with Crippen molar-refractivity contribution in [2.75, 3.05) is 7.05 Å². The van der Waals surface area contributed by atoms with Gasteiger partial charge in [0, 0.05) is 37.8 Å². The molecular weight excluding hydrogens is 414 g/mol. The molecule has 1 fully saturated rings. The van der Waals surface area contributed by atoms with Crippen molar-refractivity contribution >= 4 is 11.9 Å². The van der Waals surface area contributed by atoms with Gasteiger partial charge in [0.25, 0.3) is 0 Å². The highest BCUT2D eigenvalue weighted by Crippen LogP contribution is 2.35. The molecule has 4 atom stereocenters. The average molecular weight is 452 g/mol. The molecule has 0 bridgehead atoms. The first kappa shape index (κ1) is 25.0. The van der Waals surface area contributed by atoms with Gasteiger partial charge in [-0.05, 0) is 31.0 Å². The number of nitrogens with zero attached hydrogens (tertiary/aromatic N) is 1. The van der Waals surface area contributed by atoms with E-state index in [1.54, 1.807) is 0 Å². The molecule has 33 heavy (non-hydrogen) atoms. The molecule has 0 spiro atoms. The van der Waals surface area contributed by atoms with Crippen LogP contribution in [0.4, 0.5) is 0 Å². The van der Waals surface area contributed by atoms with Gasteiger partial charge in [-0.15, -0.1) is 0 Å². The van der Waals surface area contributed by atoms with Crippen LogP contribution in [0, 0.1) is 0 Å². The van der Waals surface area contributed by atoms with E-state index >= 15 is 0 Å². The second-order valence-electron chi connectivity index (χ2n) is 8.86. The summed E-state index contributed by atoms with van der Waals surface area (Å²) in [6.45, 7) is 3.66. The second-order valence-corrected chi connectivity index (χ2v) is 8.86. The van der Waals surface area contributed by atoms with Crippen LogP contribution in [-0.4, -0.2) is 36.0 Å². The largest absolute Gasteiger partial charge is 0.457 e. The molecule has 5 nitrogen and oxygen atoms in total. The maximum Gasteiger partial charge on any atom is 0.306 e. The molecule has 3 rings (SSSR count). The maximum absolute atomic E-state index is 12.1. The van der Waals surface area contributed by atoms with Crippen LogP contribution in [0.2, 0.25) is 0 Å². The molecule has 1 aliphatic heterocycles. The summed E-state index contributed by atoms with van der Waals surface area (Å²) in [5.74, 6) is -0.344. The van der Waals surface area contributed by atoms with Crippen molar-refractivity contribution in [1.82, 2.24) is 4.90 Å². The molecule has 0 unspecified atom stereocenters. The van der Waals surface area contributed by atoms with Crippen molar-refractivity contribution < 1.29 is 19.1 Å². The van der Waals surface area contributed by atoms with E-state index in [1.807, 2.05) is 74.5 Å². The summed E-state index contributed by atoms with van der Waals surface area (Å²) < 4.78 is 11.7. The Kier molecular flexibility index (Phi) is 9.49. The number of likely N-dealkylation sites (tertiary alicyclic amines) is 1. The van der Waals surface area contributed by atoms with Crippen molar-refractivity contribution in [2.24, 2.45) is 0 Å². The van der Waals surface area contributed by atoms with Gasteiger partial charge in [0.2, 0.25) is 0 Å². The predicted molar refractivity (Wildman–Crippen MR) is 130 cm³/mol. The summed E-state index contributed by atoms with van der Waals surface area (Å²) in [4.78, 5) is 26.7. The Bertz CT molecular complexity index is 798. The van der Waals surface area contributed by atoms with Crippen molar-refractivity contribution in [2.45, 2.75) is 83.1 Å². The average Bonchev–Trinajstić information content (AvgIpc) is 2.86. The minimum absolute atomic E-state index is 0.172. The topological polar surface area (TPSA) is 55.8 Å². The van der Waals surface area contributed by atoms with E-state index < -0.39 is 0 Å². The SMILES string of the molecule is CCC(=O)O[C@@H](C[C@H]1CCC[C@@H](C[C@H](OC(=O)CC)c2ccccc2)N1C)c1ccccc1. The third kappa shape index (κ3) is 7.16. The fourth-order valence-electron chi connectivity index (χ4n) is 4.68. The number of carbonyl (C=O) groups excluding carboxylic acids is 2. The Morgan fingerprint density at radius 2 is 1.18 bits per heavy atom. The molecule has 2 aromatic rings. The summed E-state index contributed by atoms with van der Waals surface area (Å²) in [7, 11) is 2.15. The molecule has 1 saturated heterocycles. The van der Waals surface area contributed by atoms with Crippen LogP contribution in [0.25, 0.3) is 0 Å². The van der Waals surface area contributed by atoms with Gasteiger partial charge in [0.05, 0.1) is 0 Å². The van der Waals surface area contributed by atoms with Gasteiger partial charge in [0.1, 0.15) is 12.2 Å². The monoisotopic (exact) mass is 451 g/mol. The fraction of sp³-hybridized carbons (Fsp3) is 0.500. The van der Waals surface area contributed by atoms with Crippen molar-refractivity contribution in [3.05, 3.63) is 71.8 Å². The predicted octanol–water partition coefficient (Wildman–Crippen LogP) is 6.01. The molecule has 2 aromatic carbocycles. The number of ether oxygens (including phenoxy) is 2. The Morgan fingerprint density at radius 1 is 0.788 bits per heavy atom. The Hall–Kier alpha value is -2.66. The van der Waals surface area contributed by atoms with Gasteiger partial charge < -0.3 is 14.4 Å². The standard InChI is InChI=1S/C28H37NO4/c1-4-27(30)32-25(21-13-8-6-9-14-21)19-23-17-12-18-24(29(23)3)20-26(33-28(31)5-2)22-15-10-7-11-16-22/h6-11,13-16,23-26H,4-5,12,17-20H2,1-3H3/t23-,24+,25-,26-/m0/s1. The van der Waals surface area contributed by atoms with E-state index in [0.717, 1.165) is 43.2 Å². The molecule has 5 heteroatoms. The Balaban J connectivity index is 1.73. The molecular formula is C28H37NO4. The minimum Gasteiger partial charge on any atom is -0.457 e. The zero-order chi connectivity index (χ0) is 23.6. The van der Waals surface area contributed by atoms with Gasteiger partial charge in [-0.25, -0.2) is 0 Å². The van der Waals surface area contributed by atoms with Crippen LogP contribution in [-0.2, 0) is 19.1 Å². The summed E-state index contributed by atoms with van der Waals surface area (Å²) in [6, 6.07) is 20.6. The maximum atomic E-state index is 12.1. The third-order valence-electron chi connectivity index (χ3n) is 6.67. The second kappa shape index (κ2) is 12.5. The number of rotatable bonds is 10. The minimum atomic E-state index is -0.257. The zero-order valence-corrected chi connectivity index (χ0v) is 20.1. The van der Waals surface area contributed by atoms with E-state index in [9.17, 15) is 9.59 Å². The number of benzene rings is 2. The number of piperidine rings is 1. The lowest BCUT2D eigenvalue weighted by molar-refractivity contribution is -0.150. The molecule has 178 valence electrons. The molecule has 0 saturated carbocycles. The number of carbonyl (C=O) groups is 2.